The number of nitrogens with one attached hydrogen (secondary N) is 2. The average Bonchev–Trinajstić information content (AvgIpc) is 3.10. The van der Waals surface area contributed by atoms with Gasteiger partial charge in [0.05, 0.1) is 18.3 Å². The number of imidazole rings is 1. The SMILES string of the molecule is CNc1nc2cnc(Nc3cccc(Oc4ccccc4)c3)cc2n1CCOC. The molecule has 2 aromatic carbocycles. The third-order valence-corrected chi connectivity index (χ3v) is 4.46. The number of hydrogen-bond donors (Lipinski definition) is 2. The van der Waals surface area contributed by atoms with Gasteiger partial charge in [-0.25, -0.2) is 9.97 Å². The number of rotatable bonds is 8. The average molecular weight is 389 g/mol. The highest BCUT2D eigenvalue weighted by Gasteiger charge is 2.11. The Bertz CT molecular complexity index is 1100. The number of nitrogens with zero attached hydrogens (tertiary/aromatic N) is 3. The van der Waals surface area contributed by atoms with E-state index in [1.54, 1.807) is 13.3 Å². The molecule has 0 spiro atoms. The van der Waals surface area contributed by atoms with Crippen molar-refractivity contribution in [3.8, 4) is 11.5 Å². The Morgan fingerprint density at radius 3 is 2.62 bits per heavy atom. The van der Waals surface area contributed by atoms with Crippen molar-refractivity contribution in [1.82, 2.24) is 14.5 Å². The molecule has 148 valence electrons. The van der Waals surface area contributed by atoms with E-state index in [9.17, 15) is 0 Å². The quantitative estimate of drug-likeness (QED) is 0.457. The Balaban J connectivity index is 1.58. The minimum atomic E-state index is 0.601. The van der Waals surface area contributed by atoms with Crippen molar-refractivity contribution in [1.29, 1.82) is 0 Å². The van der Waals surface area contributed by atoms with Crippen molar-refractivity contribution in [2.24, 2.45) is 0 Å². The molecule has 2 aromatic heterocycles. The highest BCUT2D eigenvalue weighted by Crippen LogP contribution is 2.27. The van der Waals surface area contributed by atoms with Crippen LogP contribution >= 0.6 is 0 Å². The van der Waals surface area contributed by atoms with Gasteiger partial charge in [0.1, 0.15) is 22.8 Å². The summed E-state index contributed by atoms with van der Waals surface area (Å²) < 4.78 is 13.2. The summed E-state index contributed by atoms with van der Waals surface area (Å²) in [4.78, 5) is 9.08. The van der Waals surface area contributed by atoms with E-state index in [0.717, 1.165) is 40.0 Å². The summed E-state index contributed by atoms with van der Waals surface area (Å²) in [5, 5.41) is 6.47. The van der Waals surface area contributed by atoms with Crippen LogP contribution in [0.1, 0.15) is 0 Å². The summed E-state index contributed by atoms with van der Waals surface area (Å²) in [7, 11) is 3.55. The molecule has 0 unspecified atom stereocenters. The molecule has 0 aliphatic rings. The van der Waals surface area contributed by atoms with Crippen molar-refractivity contribution in [3.63, 3.8) is 0 Å². The van der Waals surface area contributed by atoms with E-state index >= 15 is 0 Å². The lowest BCUT2D eigenvalue weighted by Gasteiger charge is -2.10. The molecule has 0 radical (unpaired) electrons. The molecule has 0 saturated carbocycles. The molecule has 0 fully saturated rings. The molecule has 0 atom stereocenters. The Morgan fingerprint density at radius 1 is 1.00 bits per heavy atom. The van der Waals surface area contributed by atoms with Gasteiger partial charge in [-0.2, -0.15) is 0 Å². The predicted molar refractivity (Wildman–Crippen MR) is 115 cm³/mol. The lowest BCUT2D eigenvalue weighted by Crippen LogP contribution is -2.08. The molecular formula is C22H23N5O2. The second kappa shape index (κ2) is 8.62. The van der Waals surface area contributed by atoms with E-state index in [-0.39, 0.29) is 0 Å². The first-order chi connectivity index (χ1) is 14.3. The zero-order chi connectivity index (χ0) is 20.1. The third-order valence-electron chi connectivity index (χ3n) is 4.46. The number of benzene rings is 2. The maximum Gasteiger partial charge on any atom is 0.203 e. The fourth-order valence-electron chi connectivity index (χ4n) is 3.11. The molecule has 2 N–H and O–H groups in total. The summed E-state index contributed by atoms with van der Waals surface area (Å²) in [5.74, 6) is 3.07. The van der Waals surface area contributed by atoms with Crippen LogP contribution in [0.2, 0.25) is 0 Å². The Hall–Kier alpha value is -3.58. The van der Waals surface area contributed by atoms with E-state index in [1.165, 1.54) is 0 Å². The van der Waals surface area contributed by atoms with E-state index in [2.05, 4.69) is 25.2 Å². The van der Waals surface area contributed by atoms with Crippen LogP contribution < -0.4 is 15.4 Å². The van der Waals surface area contributed by atoms with Gasteiger partial charge in [-0.3, -0.25) is 0 Å². The van der Waals surface area contributed by atoms with Gasteiger partial charge in [-0.05, 0) is 24.3 Å². The van der Waals surface area contributed by atoms with E-state index in [0.29, 0.717) is 13.2 Å². The lowest BCUT2D eigenvalue weighted by atomic mass is 10.3. The fourth-order valence-corrected chi connectivity index (χ4v) is 3.11. The number of methoxy groups -OCH3 is 1. The molecule has 7 nitrogen and oxygen atoms in total. The topological polar surface area (TPSA) is 73.2 Å². The van der Waals surface area contributed by atoms with Gasteiger partial charge < -0.3 is 24.7 Å². The van der Waals surface area contributed by atoms with Gasteiger partial charge in [0, 0.05) is 38.5 Å². The second-order valence-electron chi connectivity index (χ2n) is 6.46. The first-order valence-corrected chi connectivity index (χ1v) is 9.40. The zero-order valence-corrected chi connectivity index (χ0v) is 16.4. The Labute approximate surface area is 169 Å². The molecule has 0 bridgehead atoms. The number of fused-ring (bicyclic) bond motifs is 1. The molecule has 7 heteroatoms. The lowest BCUT2D eigenvalue weighted by molar-refractivity contribution is 0.189. The van der Waals surface area contributed by atoms with Crippen molar-refractivity contribution < 1.29 is 9.47 Å². The standard InChI is InChI=1S/C22H23N5O2/c1-23-22-26-19-15-24-21(14-20(19)27(22)11-12-28-2)25-16-7-6-10-18(13-16)29-17-8-4-3-5-9-17/h3-10,13-15H,11-12H2,1-2H3,(H,23,26)(H,24,25). The number of hydrogen-bond acceptors (Lipinski definition) is 6. The largest absolute Gasteiger partial charge is 0.457 e. The number of pyridine rings is 1. The van der Waals surface area contributed by atoms with Crippen LogP contribution in [-0.2, 0) is 11.3 Å². The Kier molecular flexibility index (Phi) is 5.58. The van der Waals surface area contributed by atoms with Gasteiger partial charge in [-0.15, -0.1) is 0 Å². The van der Waals surface area contributed by atoms with Crippen molar-refractivity contribution in [2.75, 3.05) is 31.4 Å². The summed E-state index contributed by atoms with van der Waals surface area (Å²) in [6, 6.07) is 19.5. The summed E-state index contributed by atoms with van der Waals surface area (Å²) in [5.41, 5.74) is 2.71. The molecule has 0 amide bonds. The van der Waals surface area contributed by atoms with Crippen LogP contribution in [0.3, 0.4) is 0 Å². The number of aromatic nitrogens is 3. The number of para-hydroxylation sites is 1. The highest BCUT2D eigenvalue weighted by molar-refractivity contribution is 5.81. The van der Waals surface area contributed by atoms with Crippen LogP contribution in [0.4, 0.5) is 17.5 Å². The van der Waals surface area contributed by atoms with Gasteiger partial charge in [0.25, 0.3) is 0 Å². The van der Waals surface area contributed by atoms with Gasteiger partial charge in [-0.1, -0.05) is 24.3 Å². The van der Waals surface area contributed by atoms with E-state index in [4.69, 9.17) is 9.47 Å². The van der Waals surface area contributed by atoms with Gasteiger partial charge >= 0.3 is 0 Å². The monoisotopic (exact) mass is 389 g/mol. The first kappa shape index (κ1) is 18.8. The summed E-state index contributed by atoms with van der Waals surface area (Å²) >= 11 is 0. The number of anilines is 3. The Morgan fingerprint density at radius 2 is 1.83 bits per heavy atom. The summed E-state index contributed by atoms with van der Waals surface area (Å²) in [6.45, 7) is 1.30. The second-order valence-corrected chi connectivity index (χ2v) is 6.46. The minimum absolute atomic E-state index is 0.601. The van der Waals surface area contributed by atoms with Gasteiger partial charge in [0.2, 0.25) is 5.95 Å². The molecule has 2 heterocycles. The zero-order valence-electron chi connectivity index (χ0n) is 16.4. The van der Waals surface area contributed by atoms with Gasteiger partial charge in [0.15, 0.2) is 0 Å². The third kappa shape index (κ3) is 4.30. The maximum absolute atomic E-state index is 5.91. The van der Waals surface area contributed by atoms with Crippen molar-refractivity contribution in [2.45, 2.75) is 6.54 Å². The molecule has 0 aliphatic carbocycles. The van der Waals surface area contributed by atoms with Crippen molar-refractivity contribution >= 4 is 28.5 Å². The van der Waals surface area contributed by atoms with E-state index in [1.807, 2.05) is 67.7 Å². The molecule has 29 heavy (non-hydrogen) atoms. The maximum atomic E-state index is 5.91. The first-order valence-electron chi connectivity index (χ1n) is 9.40. The highest BCUT2D eigenvalue weighted by atomic mass is 16.5. The smallest absolute Gasteiger partial charge is 0.203 e. The predicted octanol–water partition coefficient (Wildman–Crippen LogP) is 4.66. The van der Waals surface area contributed by atoms with Crippen LogP contribution in [0.15, 0.2) is 66.9 Å². The van der Waals surface area contributed by atoms with Crippen molar-refractivity contribution in [3.05, 3.63) is 66.9 Å². The minimum Gasteiger partial charge on any atom is -0.457 e. The number of ether oxygens (including phenoxy) is 2. The fraction of sp³-hybridized carbons (Fsp3) is 0.182. The molecule has 0 saturated heterocycles. The molecule has 4 rings (SSSR count). The van der Waals surface area contributed by atoms with Crippen LogP contribution in [0, 0.1) is 0 Å². The van der Waals surface area contributed by atoms with Crippen LogP contribution in [0.25, 0.3) is 11.0 Å². The molecular weight excluding hydrogens is 366 g/mol. The van der Waals surface area contributed by atoms with E-state index < -0.39 is 0 Å². The molecule has 0 aliphatic heterocycles. The van der Waals surface area contributed by atoms with Crippen LogP contribution in [0.5, 0.6) is 11.5 Å². The normalized spacial score (nSPS) is 10.8. The molecule has 4 aromatic rings. The van der Waals surface area contributed by atoms with Crippen LogP contribution in [-0.4, -0.2) is 35.3 Å². The summed E-state index contributed by atoms with van der Waals surface area (Å²) in [6.07, 6.45) is 1.77.